The van der Waals surface area contributed by atoms with E-state index in [1.165, 1.54) is 32.6 Å². The molecule has 2 unspecified atom stereocenters. The number of ether oxygens (including phenoxy) is 1. The number of nitrogen functional groups attached to an aromatic ring is 1. The first-order chi connectivity index (χ1) is 9.19. The number of nitrogens with zero attached hydrogens (tertiary/aromatic N) is 1. The predicted molar refractivity (Wildman–Crippen MR) is 74.0 cm³/mol. The summed E-state index contributed by atoms with van der Waals surface area (Å²) < 4.78 is 18.5. The van der Waals surface area contributed by atoms with Crippen molar-refractivity contribution in [2.45, 2.75) is 31.3 Å². The van der Waals surface area contributed by atoms with Crippen molar-refractivity contribution in [2.24, 2.45) is 0 Å². The first-order valence-electron chi connectivity index (χ1n) is 6.82. The molecule has 0 aliphatic carbocycles. The van der Waals surface area contributed by atoms with E-state index in [-0.39, 0.29) is 5.75 Å². The second-order valence-electron chi connectivity index (χ2n) is 5.36. The maximum atomic E-state index is 13.5. The maximum Gasteiger partial charge on any atom is 0.167 e. The van der Waals surface area contributed by atoms with Crippen molar-refractivity contribution in [2.75, 3.05) is 31.2 Å². The molecule has 0 spiro atoms. The maximum absolute atomic E-state index is 13.5. The monoisotopic (exact) mass is 265 g/mol. The van der Waals surface area contributed by atoms with Crippen LogP contribution in [0.25, 0.3) is 0 Å². The zero-order chi connectivity index (χ0) is 13.4. The van der Waals surface area contributed by atoms with Crippen molar-refractivity contribution in [3.05, 3.63) is 17.9 Å². The Morgan fingerprint density at radius 2 is 2.21 bits per heavy atom. The summed E-state index contributed by atoms with van der Waals surface area (Å²) in [5.41, 5.74) is 7.10. The molecule has 0 amide bonds. The third kappa shape index (κ3) is 2.23. The molecule has 2 saturated heterocycles. The number of hydrogen-bond donors (Lipinski definition) is 2. The van der Waals surface area contributed by atoms with Crippen LogP contribution in [-0.2, 0) is 0 Å². The van der Waals surface area contributed by atoms with Crippen LogP contribution >= 0.6 is 0 Å². The molecule has 4 nitrogen and oxygen atoms in total. The number of nitrogens with two attached hydrogens (primary N) is 1. The Kier molecular flexibility index (Phi) is 3.22. The van der Waals surface area contributed by atoms with Gasteiger partial charge in [-0.2, -0.15) is 0 Å². The number of benzene rings is 1. The number of rotatable bonds is 3. The van der Waals surface area contributed by atoms with E-state index in [0.717, 1.165) is 18.7 Å². The summed E-state index contributed by atoms with van der Waals surface area (Å²) in [6, 6.07) is 3.97. The number of anilines is 2. The van der Waals surface area contributed by atoms with Crippen molar-refractivity contribution in [3.63, 3.8) is 0 Å². The van der Waals surface area contributed by atoms with Crippen LogP contribution in [-0.4, -0.2) is 37.2 Å². The van der Waals surface area contributed by atoms with Gasteiger partial charge in [0.1, 0.15) is 0 Å². The van der Waals surface area contributed by atoms with Gasteiger partial charge in [0.15, 0.2) is 11.6 Å². The van der Waals surface area contributed by atoms with Gasteiger partial charge in [-0.25, -0.2) is 4.39 Å². The highest BCUT2D eigenvalue weighted by Gasteiger charge is 2.37. The summed E-state index contributed by atoms with van der Waals surface area (Å²) in [5, 5.41) is 3.47. The zero-order valence-corrected chi connectivity index (χ0v) is 11.2. The van der Waals surface area contributed by atoms with Crippen LogP contribution in [0.2, 0.25) is 0 Å². The van der Waals surface area contributed by atoms with Gasteiger partial charge in [0.2, 0.25) is 0 Å². The number of methoxy groups -OCH3 is 1. The molecule has 0 saturated carbocycles. The molecule has 1 aromatic rings. The lowest BCUT2D eigenvalue weighted by molar-refractivity contribution is 0.318. The lowest BCUT2D eigenvalue weighted by Gasteiger charge is -2.23. The second-order valence-corrected chi connectivity index (χ2v) is 5.36. The SMILES string of the molecule is COc1cc(NC2CCN3CCCC23)c(N)cc1F. The molecule has 2 aliphatic rings. The standard InChI is InChI=1S/C14H20FN3O/c1-19-14-8-12(10(16)7-9(14)15)17-11-4-6-18-5-2-3-13(11)18/h7-8,11,13,17H,2-6,16H2,1H3. The van der Waals surface area contributed by atoms with E-state index < -0.39 is 5.82 Å². The van der Waals surface area contributed by atoms with Gasteiger partial charge in [-0.15, -0.1) is 0 Å². The number of halogens is 1. The van der Waals surface area contributed by atoms with Crippen molar-refractivity contribution in [1.82, 2.24) is 4.90 Å². The summed E-state index contributed by atoms with van der Waals surface area (Å²) in [4.78, 5) is 2.52. The quantitative estimate of drug-likeness (QED) is 0.821. The number of hydrogen-bond acceptors (Lipinski definition) is 4. The van der Waals surface area contributed by atoms with Crippen LogP contribution < -0.4 is 15.8 Å². The summed E-state index contributed by atoms with van der Waals surface area (Å²) >= 11 is 0. The molecule has 0 bridgehead atoms. The molecular weight excluding hydrogens is 245 g/mol. The second kappa shape index (κ2) is 4.89. The first-order valence-corrected chi connectivity index (χ1v) is 6.82. The van der Waals surface area contributed by atoms with Crippen LogP contribution in [0, 0.1) is 5.82 Å². The molecule has 2 heterocycles. The average Bonchev–Trinajstić information content (AvgIpc) is 2.97. The molecule has 3 N–H and O–H groups in total. The van der Waals surface area contributed by atoms with E-state index >= 15 is 0 Å². The fraction of sp³-hybridized carbons (Fsp3) is 0.571. The minimum Gasteiger partial charge on any atom is -0.494 e. The van der Waals surface area contributed by atoms with Gasteiger partial charge in [0.25, 0.3) is 0 Å². The third-order valence-electron chi connectivity index (χ3n) is 4.27. The van der Waals surface area contributed by atoms with Gasteiger partial charge in [0, 0.05) is 30.8 Å². The fourth-order valence-corrected chi connectivity index (χ4v) is 3.30. The predicted octanol–water partition coefficient (Wildman–Crippen LogP) is 2.07. The average molecular weight is 265 g/mol. The number of fused-ring (bicyclic) bond motifs is 1. The molecule has 104 valence electrons. The normalized spacial score (nSPS) is 26.4. The smallest absolute Gasteiger partial charge is 0.167 e. The van der Waals surface area contributed by atoms with E-state index in [9.17, 15) is 4.39 Å². The molecule has 2 atom stereocenters. The Morgan fingerprint density at radius 1 is 1.37 bits per heavy atom. The van der Waals surface area contributed by atoms with Crippen molar-refractivity contribution >= 4 is 11.4 Å². The molecule has 19 heavy (non-hydrogen) atoms. The number of nitrogens with one attached hydrogen (secondary N) is 1. The molecular formula is C14H20FN3O. The lowest BCUT2D eigenvalue weighted by Crippen LogP contribution is -2.33. The summed E-state index contributed by atoms with van der Waals surface area (Å²) in [7, 11) is 1.46. The fourth-order valence-electron chi connectivity index (χ4n) is 3.30. The minimum atomic E-state index is -0.417. The van der Waals surface area contributed by atoms with Crippen LogP contribution in [0.15, 0.2) is 12.1 Å². The van der Waals surface area contributed by atoms with Gasteiger partial charge < -0.3 is 15.8 Å². The highest BCUT2D eigenvalue weighted by Crippen LogP contribution is 2.33. The lowest BCUT2D eigenvalue weighted by atomic mass is 10.1. The summed E-state index contributed by atoms with van der Waals surface area (Å²) in [5.74, 6) is -0.183. The van der Waals surface area contributed by atoms with Crippen LogP contribution in [0.5, 0.6) is 5.75 Å². The molecule has 0 radical (unpaired) electrons. The van der Waals surface area contributed by atoms with E-state index in [0.29, 0.717) is 17.8 Å². The highest BCUT2D eigenvalue weighted by molar-refractivity contribution is 5.69. The summed E-state index contributed by atoms with van der Waals surface area (Å²) in [6.45, 7) is 2.34. The molecule has 2 fully saturated rings. The summed E-state index contributed by atoms with van der Waals surface area (Å²) in [6.07, 6.45) is 3.62. The van der Waals surface area contributed by atoms with E-state index in [2.05, 4.69) is 10.2 Å². The third-order valence-corrected chi connectivity index (χ3v) is 4.27. The van der Waals surface area contributed by atoms with Crippen molar-refractivity contribution < 1.29 is 9.13 Å². The first kappa shape index (κ1) is 12.5. The topological polar surface area (TPSA) is 50.5 Å². The highest BCUT2D eigenvalue weighted by atomic mass is 19.1. The Hall–Kier alpha value is -1.49. The van der Waals surface area contributed by atoms with Crippen molar-refractivity contribution in [1.29, 1.82) is 0 Å². The molecule has 0 aromatic heterocycles. The van der Waals surface area contributed by atoms with E-state index in [1.807, 2.05) is 0 Å². The van der Waals surface area contributed by atoms with E-state index in [4.69, 9.17) is 10.5 Å². The van der Waals surface area contributed by atoms with E-state index in [1.54, 1.807) is 6.07 Å². The molecule has 1 aromatic carbocycles. The van der Waals surface area contributed by atoms with Gasteiger partial charge in [-0.1, -0.05) is 0 Å². The minimum absolute atomic E-state index is 0.234. The molecule has 5 heteroatoms. The van der Waals surface area contributed by atoms with Gasteiger partial charge in [0.05, 0.1) is 18.5 Å². The Labute approximate surface area is 112 Å². The Bertz CT molecular complexity index is 480. The van der Waals surface area contributed by atoms with Crippen LogP contribution in [0.1, 0.15) is 19.3 Å². The zero-order valence-electron chi connectivity index (χ0n) is 11.2. The molecule has 3 rings (SSSR count). The Balaban J connectivity index is 1.79. The Morgan fingerprint density at radius 3 is 3.00 bits per heavy atom. The van der Waals surface area contributed by atoms with Gasteiger partial charge in [-0.05, 0) is 25.8 Å². The largest absolute Gasteiger partial charge is 0.494 e. The van der Waals surface area contributed by atoms with Crippen LogP contribution in [0.3, 0.4) is 0 Å². The van der Waals surface area contributed by atoms with Crippen molar-refractivity contribution in [3.8, 4) is 5.75 Å². The van der Waals surface area contributed by atoms with Gasteiger partial charge >= 0.3 is 0 Å². The molecule has 2 aliphatic heterocycles. The van der Waals surface area contributed by atoms with Gasteiger partial charge in [-0.3, -0.25) is 4.90 Å². The van der Waals surface area contributed by atoms with Crippen LogP contribution in [0.4, 0.5) is 15.8 Å².